The molecule has 0 aliphatic heterocycles. The zero-order valence-electron chi connectivity index (χ0n) is 12.6. The summed E-state index contributed by atoms with van der Waals surface area (Å²) in [6, 6.07) is 10.7. The van der Waals surface area contributed by atoms with Crippen LogP contribution in [0.25, 0.3) is 0 Å². The lowest BCUT2D eigenvalue weighted by atomic mass is 10.1. The maximum absolute atomic E-state index is 12.1. The predicted octanol–water partition coefficient (Wildman–Crippen LogP) is 2.36. The first-order valence-corrected chi connectivity index (χ1v) is 8.56. The first-order valence-electron chi connectivity index (χ1n) is 7.08. The van der Waals surface area contributed by atoms with Gasteiger partial charge in [-0.1, -0.05) is 25.5 Å². The molecule has 0 heterocycles. The Kier molecular flexibility index (Phi) is 5.23. The number of aryl methyl sites for hydroxylation is 1. The quantitative estimate of drug-likeness (QED) is 0.429. The zero-order chi connectivity index (χ0) is 16.9. The molecular formula is C16H18N2O4S. The van der Waals surface area contributed by atoms with Crippen LogP contribution in [0.2, 0.25) is 0 Å². The molecule has 0 aromatic heterocycles. The second-order valence-corrected chi connectivity index (χ2v) is 6.66. The molecule has 6 nitrogen and oxygen atoms in total. The summed E-state index contributed by atoms with van der Waals surface area (Å²) in [7, 11) is -3.74. The minimum absolute atomic E-state index is 0.128. The van der Waals surface area contributed by atoms with Crippen LogP contribution in [0.1, 0.15) is 24.5 Å². The molecule has 23 heavy (non-hydrogen) atoms. The van der Waals surface area contributed by atoms with Gasteiger partial charge < -0.3 is 10.2 Å². The van der Waals surface area contributed by atoms with Gasteiger partial charge in [0.1, 0.15) is 0 Å². The van der Waals surface area contributed by atoms with Gasteiger partial charge in [-0.2, -0.15) is 13.5 Å². The second kappa shape index (κ2) is 7.15. The van der Waals surface area contributed by atoms with Crippen LogP contribution in [-0.2, 0) is 16.4 Å². The fourth-order valence-corrected chi connectivity index (χ4v) is 2.76. The highest BCUT2D eigenvalue weighted by Gasteiger charge is 2.12. The lowest BCUT2D eigenvalue weighted by Gasteiger charge is -2.05. The topological polar surface area (TPSA) is 99.0 Å². The van der Waals surface area contributed by atoms with Crippen molar-refractivity contribution in [1.29, 1.82) is 0 Å². The van der Waals surface area contributed by atoms with Gasteiger partial charge in [-0.15, -0.1) is 0 Å². The van der Waals surface area contributed by atoms with Crippen molar-refractivity contribution in [1.82, 2.24) is 4.83 Å². The van der Waals surface area contributed by atoms with Gasteiger partial charge in [0.15, 0.2) is 11.5 Å². The Labute approximate surface area is 135 Å². The van der Waals surface area contributed by atoms with Gasteiger partial charge in [0.25, 0.3) is 10.0 Å². The van der Waals surface area contributed by atoms with Crippen LogP contribution < -0.4 is 4.83 Å². The molecule has 0 radical (unpaired) electrons. The zero-order valence-corrected chi connectivity index (χ0v) is 13.4. The third-order valence-electron chi connectivity index (χ3n) is 3.16. The van der Waals surface area contributed by atoms with Crippen molar-refractivity contribution in [2.75, 3.05) is 0 Å². The van der Waals surface area contributed by atoms with E-state index in [1.807, 2.05) is 0 Å². The Morgan fingerprint density at radius 3 is 2.39 bits per heavy atom. The molecule has 0 fully saturated rings. The molecule has 2 rings (SSSR count). The molecule has 0 bridgehead atoms. The maximum atomic E-state index is 12.1. The largest absolute Gasteiger partial charge is 0.504 e. The Bertz CT molecular complexity index is 799. The standard InChI is InChI=1S/C16H18N2O4S/c1-2-3-12-4-7-14(8-5-12)23(21,22)18-17-11-13-6-9-15(19)16(20)10-13/h4-11,18-20H,2-3H2,1H3. The number of benzene rings is 2. The molecule has 0 unspecified atom stereocenters. The number of phenolic OH excluding ortho intramolecular Hbond substituents is 2. The van der Waals surface area contributed by atoms with Crippen molar-refractivity contribution in [3.8, 4) is 11.5 Å². The normalized spacial score (nSPS) is 11.7. The van der Waals surface area contributed by atoms with Crippen molar-refractivity contribution < 1.29 is 18.6 Å². The molecule has 0 aliphatic rings. The van der Waals surface area contributed by atoms with Gasteiger partial charge in [0.2, 0.25) is 0 Å². The third-order valence-corrected chi connectivity index (χ3v) is 4.40. The predicted molar refractivity (Wildman–Crippen MR) is 88.1 cm³/mol. The summed E-state index contributed by atoms with van der Waals surface area (Å²) >= 11 is 0. The minimum atomic E-state index is -3.74. The molecule has 2 aromatic carbocycles. The Morgan fingerprint density at radius 1 is 1.09 bits per heavy atom. The summed E-state index contributed by atoms with van der Waals surface area (Å²) in [5.41, 5.74) is 1.52. The molecular weight excluding hydrogens is 316 g/mol. The first-order chi connectivity index (χ1) is 10.9. The van der Waals surface area contributed by atoms with Gasteiger partial charge >= 0.3 is 0 Å². The van der Waals surface area contributed by atoms with E-state index < -0.39 is 10.0 Å². The van der Waals surface area contributed by atoms with E-state index in [2.05, 4.69) is 16.9 Å². The molecule has 3 N–H and O–H groups in total. The number of hydrogen-bond donors (Lipinski definition) is 3. The van der Waals surface area contributed by atoms with Crippen LogP contribution in [-0.4, -0.2) is 24.8 Å². The number of rotatable bonds is 6. The van der Waals surface area contributed by atoms with Gasteiger partial charge in [-0.05, 0) is 47.9 Å². The first kappa shape index (κ1) is 16.8. The summed E-state index contributed by atoms with van der Waals surface area (Å²) in [6.45, 7) is 2.06. The molecule has 122 valence electrons. The summed E-state index contributed by atoms with van der Waals surface area (Å²) in [4.78, 5) is 2.23. The Morgan fingerprint density at radius 2 is 1.78 bits per heavy atom. The van der Waals surface area contributed by atoms with E-state index in [9.17, 15) is 18.6 Å². The van der Waals surface area contributed by atoms with E-state index in [1.54, 1.807) is 12.1 Å². The highest BCUT2D eigenvalue weighted by atomic mass is 32.2. The van der Waals surface area contributed by atoms with Crippen LogP contribution >= 0.6 is 0 Å². The summed E-state index contributed by atoms with van der Waals surface area (Å²) < 4.78 is 24.2. The van der Waals surface area contributed by atoms with E-state index in [-0.39, 0.29) is 16.4 Å². The molecule has 0 aliphatic carbocycles. The summed E-state index contributed by atoms with van der Waals surface area (Å²) in [6.07, 6.45) is 3.13. The molecule has 0 saturated heterocycles. The SMILES string of the molecule is CCCc1ccc(S(=O)(=O)NN=Cc2ccc(O)c(O)c2)cc1. The number of hydrogen-bond acceptors (Lipinski definition) is 5. The summed E-state index contributed by atoms with van der Waals surface area (Å²) in [5, 5.41) is 22.2. The van der Waals surface area contributed by atoms with Crippen molar-refractivity contribution in [2.45, 2.75) is 24.7 Å². The highest BCUT2D eigenvalue weighted by Crippen LogP contribution is 2.24. The number of sulfonamides is 1. The Hall–Kier alpha value is -2.54. The van der Waals surface area contributed by atoms with Gasteiger partial charge in [0.05, 0.1) is 11.1 Å². The third kappa shape index (κ3) is 4.46. The van der Waals surface area contributed by atoms with Crippen LogP contribution in [0.3, 0.4) is 0 Å². The van der Waals surface area contributed by atoms with Crippen molar-refractivity contribution >= 4 is 16.2 Å². The van der Waals surface area contributed by atoms with Crippen molar-refractivity contribution in [3.05, 3.63) is 53.6 Å². The van der Waals surface area contributed by atoms with Gasteiger partial charge in [0, 0.05) is 0 Å². The minimum Gasteiger partial charge on any atom is -0.504 e. The second-order valence-electron chi connectivity index (χ2n) is 5.00. The van der Waals surface area contributed by atoms with Gasteiger partial charge in [-0.3, -0.25) is 0 Å². The molecule has 0 atom stereocenters. The molecule has 7 heteroatoms. The average molecular weight is 334 g/mol. The van der Waals surface area contributed by atoms with E-state index in [1.165, 1.54) is 36.5 Å². The number of nitrogens with zero attached hydrogens (tertiary/aromatic N) is 1. The van der Waals surface area contributed by atoms with E-state index in [0.717, 1.165) is 18.4 Å². The summed E-state index contributed by atoms with van der Waals surface area (Å²) in [5.74, 6) is -0.557. The number of hydrazone groups is 1. The highest BCUT2D eigenvalue weighted by molar-refractivity contribution is 7.89. The lowest BCUT2D eigenvalue weighted by molar-refractivity contribution is 0.403. The molecule has 0 spiro atoms. The van der Waals surface area contributed by atoms with Crippen molar-refractivity contribution in [3.63, 3.8) is 0 Å². The fraction of sp³-hybridized carbons (Fsp3) is 0.188. The van der Waals surface area contributed by atoms with Crippen LogP contribution in [0.5, 0.6) is 11.5 Å². The van der Waals surface area contributed by atoms with Crippen LogP contribution in [0.15, 0.2) is 52.5 Å². The molecule has 0 saturated carbocycles. The van der Waals surface area contributed by atoms with Gasteiger partial charge in [-0.25, -0.2) is 4.83 Å². The lowest BCUT2D eigenvalue weighted by Crippen LogP contribution is -2.18. The molecule has 2 aromatic rings. The van der Waals surface area contributed by atoms with Crippen LogP contribution in [0.4, 0.5) is 0 Å². The van der Waals surface area contributed by atoms with E-state index in [0.29, 0.717) is 5.56 Å². The maximum Gasteiger partial charge on any atom is 0.276 e. The van der Waals surface area contributed by atoms with Crippen LogP contribution in [0, 0.1) is 0 Å². The molecule has 0 amide bonds. The monoisotopic (exact) mass is 334 g/mol. The number of phenols is 2. The van der Waals surface area contributed by atoms with Crippen molar-refractivity contribution in [2.24, 2.45) is 5.10 Å². The average Bonchev–Trinajstić information content (AvgIpc) is 2.51. The van der Waals surface area contributed by atoms with E-state index >= 15 is 0 Å². The number of nitrogens with one attached hydrogen (secondary N) is 1. The fourth-order valence-electron chi connectivity index (χ4n) is 1.97. The Balaban J connectivity index is 2.08. The smallest absolute Gasteiger partial charge is 0.276 e. The van der Waals surface area contributed by atoms with E-state index in [4.69, 9.17) is 0 Å². The number of aromatic hydroxyl groups is 2.